The van der Waals surface area contributed by atoms with Crippen molar-refractivity contribution in [3.05, 3.63) is 53.9 Å². The Kier molecular flexibility index (Phi) is 3.79. The van der Waals surface area contributed by atoms with Gasteiger partial charge in [-0.3, -0.25) is 4.79 Å². The highest BCUT2D eigenvalue weighted by atomic mass is 16.2. The molecule has 0 spiro atoms. The number of carbonyl (C=O) groups is 1. The van der Waals surface area contributed by atoms with Crippen LogP contribution in [0.15, 0.2) is 42.6 Å². The lowest BCUT2D eigenvalue weighted by Crippen LogP contribution is -2.12. The first-order valence-corrected chi connectivity index (χ1v) is 5.44. The second-order valence-corrected chi connectivity index (χ2v) is 3.58. The van der Waals surface area contributed by atoms with Crippen LogP contribution in [0.3, 0.4) is 0 Å². The Hall–Kier alpha value is -2.51. The molecule has 90 valence electrons. The third-order valence-corrected chi connectivity index (χ3v) is 2.27. The SMILES string of the molecule is O=C(Nc1cccc(C#CCO)c1)c1ccc[nH]1. The Morgan fingerprint density at radius 1 is 1.33 bits per heavy atom. The second-order valence-electron chi connectivity index (χ2n) is 3.58. The van der Waals surface area contributed by atoms with Gasteiger partial charge in [0.25, 0.3) is 5.91 Å². The number of aromatic amines is 1. The first kappa shape index (κ1) is 12.0. The van der Waals surface area contributed by atoms with Crippen LogP contribution in [0, 0.1) is 11.8 Å². The summed E-state index contributed by atoms with van der Waals surface area (Å²) in [7, 11) is 0. The summed E-state index contributed by atoms with van der Waals surface area (Å²) in [5.41, 5.74) is 1.91. The Morgan fingerprint density at radius 2 is 2.22 bits per heavy atom. The third kappa shape index (κ3) is 3.00. The molecule has 18 heavy (non-hydrogen) atoms. The van der Waals surface area contributed by atoms with E-state index in [1.165, 1.54) is 0 Å². The molecular weight excluding hydrogens is 228 g/mol. The van der Waals surface area contributed by atoms with Crippen molar-refractivity contribution in [2.45, 2.75) is 0 Å². The second kappa shape index (κ2) is 5.71. The summed E-state index contributed by atoms with van der Waals surface area (Å²) < 4.78 is 0. The van der Waals surface area contributed by atoms with Crippen molar-refractivity contribution in [3.63, 3.8) is 0 Å². The summed E-state index contributed by atoms with van der Waals surface area (Å²) >= 11 is 0. The lowest BCUT2D eigenvalue weighted by Gasteiger charge is -2.03. The maximum Gasteiger partial charge on any atom is 0.272 e. The fourth-order valence-electron chi connectivity index (χ4n) is 1.49. The van der Waals surface area contributed by atoms with Gasteiger partial charge in [0.15, 0.2) is 0 Å². The molecule has 1 heterocycles. The summed E-state index contributed by atoms with van der Waals surface area (Å²) in [6.07, 6.45) is 1.69. The van der Waals surface area contributed by atoms with Crippen LogP contribution in [0.5, 0.6) is 0 Å². The first-order valence-electron chi connectivity index (χ1n) is 5.44. The van der Waals surface area contributed by atoms with Gasteiger partial charge in [-0.1, -0.05) is 17.9 Å². The van der Waals surface area contributed by atoms with Crippen LogP contribution in [0.4, 0.5) is 5.69 Å². The monoisotopic (exact) mass is 240 g/mol. The zero-order valence-electron chi connectivity index (χ0n) is 9.60. The van der Waals surface area contributed by atoms with Gasteiger partial charge in [0.05, 0.1) is 0 Å². The summed E-state index contributed by atoms with van der Waals surface area (Å²) in [5.74, 6) is 5.14. The molecule has 0 radical (unpaired) electrons. The van der Waals surface area contributed by atoms with Crippen LogP contribution < -0.4 is 5.32 Å². The standard InChI is InChI=1S/C14H12N2O2/c17-9-3-5-11-4-1-6-12(10-11)16-14(18)13-7-2-8-15-13/h1-2,4,6-8,10,15,17H,9H2,(H,16,18). The summed E-state index contributed by atoms with van der Waals surface area (Å²) in [6, 6.07) is 10.6. The molecule has 2 rings (SSSR count). The van der Waals surface area contributed by atoms with Gasteiger partial charge < -0.3 is 15.4 Å². The maximum absolute atomic E-state index is 11.8. The molecule has 0 aliphatic carbocycles. The molecule has 0 aliphatic rings. The summed E-state index contributed by atoms with van der Waals surface area (Å²) in [5, 5.41) is 11.4. The number of hydrogen-bond acceptors (Lipinski definition) is 2. The van der Waals surface area contributed by atoms with Crippen molar-refractivity contribution in [3.8, 4) is 11.8 Å². The van der Waals surface area contributed by atoms with Gasteiger partial charge in [-0.05, 0) is 30.3 Å². The Labute approximate surface area is 105 Å². The third-order valence-electron chi connectivity index (χ3n) is 2.27. The van der Waals surface area contributed by atoms with E-state index in [2.05, 4.69) is 22.1 Å². The van der Waals surface area contributed by atoms with Crippen LogP contribution >= 0.6 is 0 Å². The normalized spacial score (nSPS) is 9.39. The van der Waals surface area contributed by atoms with Gasteiger partial charge in [0.2, 0.25) is 0 Å². The fraction of sp³-hybridized carbons (Fsp3) is 0.0714. The lowest BCUT2D eigenvalue weighted by molar-refractivity contribution is 0.102. The largest absolute Gasteiger partial charge is 0.384 e. The van der Waals surface area contributed by atoms with Gasteiger partial charge in [-0.25, -0.2) is 0 Å². The molecule has 1 aromatic carbocycles. The first-order chi connectivity index (χ1) is 8.79. The van der Waals surface area contributed by atoms with Crippen LogP contribution in [-0.2, 0) is 0 Å². The van der Waals surface area contributed by atoms with Gasteiger partial charge >= 0.3 is 0 Å². The van der Waals surface area contributed by atoms with E-state index in [4.69, 9.17) is 5.11 Å². The van der Waals surface area contributed by atoms with Crippen LogP contribution in [0.25, 0.3) is 0 Å². The van der Waals surface area contributed by atoms with Crippen LogP contribution in [-0.4, -0.2) is 22.6 Å². The van der Waals surface area contributed by atoms with E-state index in [0.717, 1.165) is 5.56 Å². The van der Waals surface area contributed by atoms with Crippen LogP contribution in [0.2, 0.25) is 0 Å². The quantitative estimate of drug-likeness (QED) is 0.698. The Morgan fingerprint density at radius 3 is 2.94 bits per heavy atom. The molecule has 4 heteroatoms. The minimum atomic E-state index is -0.202. The lowest BCUT2D eigenvalue weighted by atomic mass is 10.2. The van der Waals surface area contributed by atoms with Crippen molar-refractivity contribution >= 4 is 11.6 Å². The van der Waals surface area contributed by atoms with E-state index in [0.29, 0.717) is 11.4 Å². The topological polar surface area (TPSA) is 65.1 Å². The molecule has 1 aromatic heterocycles. The van der Waals surface area contributed by atoms with Crippen molar-refractivity contribution < 1.29 is 9.90 Å². The summed E-state index contributed by atoms with van der Waals surface area (Å²) in [4.78, 5) is 14.6. The molecule has 0 saturated heterocycles. The number of nitrogens with one attached hydrogen (secondary N) is 2. The molecule has 0 saturated carbocycles. The number of hydrogen-bond donors (Lipinski definition) is 3. The molecule has 1 amide bonds. The number of amides is 1. The van der Waals surface area contributed by atoms with Crippen molar-refractivity contribution in [1.29, 1.82) is 0 Å². The van der Waals surface area contributed by atoms with Gasteiger partial charge in [0.1, 0.15) is 12.3 Å². The smallest absolute Gasteiger partial charge is 0.272 e. The van der Waals surface area contributed by atoms with Gasteiger partial charge in [0, 0.05) is 17.4 Å². The van der Waals surface area contributed by atoms with Crippen molar-refractivity contribution in [2.75, 3.05) is 11.9 Å². The zero-order valence-corrected chi connectivity index (χ0v) is 9.60. The number of rotatable bonds is 2. The number of carbonyl (C=O) groups excluding carboxylic acids is 1. The van der Waals surface area contributed by atoms with E-state index in [1.807, 2.05) is 6.07 Å². The van der Waals surface area contributed by atoms with E-state index < -0.39 is 0 Å². The highest BCUT2D eigenvalue weighted by Gasteiger charge is 2.05. The number of aliphatic hydroxyl groups excluding tert-OH is 1. The average Bonchev–Trinajstić information content (AvgIpc) is 2.91. The molecule has 0 atom stereocenters. The number of anilines is 1. The highest BCUT2D eigenvalue weighted by molar-refractivity contribution is 6.02. The number of benzene rings is 1. The van der Waals surface area contributed by atoms with Crippen LogP contribution in [0.1, 0.15) is 16.1 Å². The summed E-state index contributed by atoms with van der Waals surface area (Å²) in [6.45, 7) is -0.181. The molecule has 0 unspecified atom stereocenters. The maximum atomic E-state index is 11.8. The number of H-pyrrole nitrogens is 1. The minimum Gasteiger partial charge on any atom is -0.384 e. The van der Waals surface area contributed by atoms with E-state index in [1.54, 1.807) is 36.5 Å². The fourth-order valence-corrected chi connectivity index (χ4v) is 1.49. The highest BCUT2D eigenvalue weighted by Crippen LogP contribution is 2.11. The molecule has 4 nitrogen and oxygen atoms in total. The Balaban J connectivity index is 2.12. The molecular formula is C14H12N2O2. The van der Waals surface area contributed by atoms with Gasteiger partial charge in [-0.15, -0.1) is 0 Å². The Bertz CT molecular complexity index is 592. The van der Waals surface area contributed by atoms with Crippen molar-refractivity contribution in [2.24, 2.45) is 0 Å². The van der Waals surface area contributed by atoms with E-state index in [9.17, 15) is 4.79 Å². The zero-order chi connectivity index (χ0) is 12.8. The number of aliphatic hydroxyl groups is 1. The molecule has 3 N–H and O–H groups in total. The predicted molar refractivity (Wildman–Crippen MR) is 69.2 cm³/mol. The molecule has 0 aliphatic heterocycles. The number of aromatic nitrogens is 1. The van der Waals surface area contributed by atoms with E-state index in [-0.39, 0.29) is 12.5 Å². The van der Waals surface area contributed by atoms with E-state index >= 15 is 0 Å². The molecule has 0 fully saturated rings. The predicted octanol–water partition coefficient (Wildman–Crippen LogP) is 1.61. The average molecular weight is 240 g/mol. The van der Waals surface area contributed by atoms with Gasteiger partial charge in [-0.2, -0.15) is 0 Å². The van der Waals surface area contributed by atoms with Crippen molar-refractivity contribution in [1.82, 2.24) is 4.98 Å². The minimum absolute atomic E-state index is 0.181. The molecule has 0 bridgehead atoms. The molecule has 2 aromatic rings.